The molecule has 0 atom stereocenters. The van der Waals surface area contributed by atoms with Gasteiger partial charge in [0, 0.05) is 5.69 Å². The Morgan fingerprint density at radius 1 is 1.20 bits per heavy atom. The van der Waals surface area contributed by atoms with E-state index in [1.54, 1.807) is 12.1 Å². The summed E-state index contributed by atoms with van der Waals surface area (Å²) in [7, 11) is -2.61. The van der Waals surface area contributed by atoms with E-state index in [0.29, 0.717) is 0 Å². The molecule has 0 fully saturated rings. The van der Waals surface area contributed by atoms with Gasteiger partial charge in [0.25, 0.3) is 10.0 Å². The second-order valence-electron chi connectivity index (χ2n) is 4.00. The predicted octanol–water partition coefficient (Wildman–Crippen LogP) is 2.22. The van der Waals surface area contributed by atoms with Crippen LogP contribution in [0.4, 0.5) is 15.8 Å². The minimum atomic E-state index is -3.97. The van der Waals surface area contributed by atoms with Gasteiger partial charge in [-0.3, -0.25) is 4.72 Å². The number of para-hydroxylation sites is 1. The summed E-state index contributed by atoms with van der Waals surface area (Å²) < 4.78 is 45.2. The van der Waals surface area contributed by atoms with Gasteiger partial charge in [-0.25, -0.2) is 12.8 Å². The Bertz CT molecular complexity index is 732. The molecule has 0 radical (unpaired) electrons. The normalized spacial score (nSPS) is 11.1. The lowest BCUT2D eigenvalue weighted by Crippen LogP contribution is -2.15. The first kappa shape index (κ1) is 14.1. The van der Waals surface area contributed by atoms with Crippen molar-refractivity contribution in [2.24, 2.45) is 0 Å². The molecule has 2 aromatic rings. The second-order valence-corrected chi connectivity index (χ2v) is 5.65. The molecular formula is C13H13FN2O3S. The minimum absolute atomic E-state index is 0.0793. The van der Waals surface area contributed by atoms with Crippen molar-refractivity contribution in [1.29, 1.82) is 0 Å². The van der Waals surface area contributed by atoms with Crippen LogP contribution in [0.3, 0.4) is 0 Å². The van der Waals surface area contributed by atoms with Gasteiger partial charge in [-0.15, -0.1) is 0 Å². The molecule has 0 bridgehead atoms. The van der Waals surface area contributed by atoms with Gasteiger partial charge >= 0.3 is 0 Å². The molecule has 0 unspecified atom stereocenters. The van der Waals surface area contributed by atoms with Crippen LogP contribution in [0.25, 0.3) is 0 Å². The zero-order valence-electron chi connectivity index (χ0n) is 10.6. The van der Waals surface area contributed by atoms with Crippen molar-refractivity contribution in [2.45, 2.75) is 4.90 Å². The van der Waals surface area contributed by atoms with E-state index in [2.05, 4.69) is 4.72 Å². The molecule has 20 heavy (non-hydrogen) atoms. The molecule has 0 heterocycles. The van der Waals surface area contributed by atoms with Gasteiger partial charge in [0.1, 0.15) is 16.5 Å². The maximum Gasteiger partial charge on any atom is 0.265 e. The molecule has 0 saturated heterocycles. The molecule has 7 heteroatoms. The summed E-state index contributed by atoms with van der Waals surface area (Å²) in [5, 5.41) is 0. The van der Waals surface area contributed by atoms with Crippen LogP contribution in [-0.4, -0.2) is 15.5 Å². The number of nitrogens with two attached hydrogens (primary N) is 1. The Balaban J connectivity index is 2.43. The number of methoxy groups -OCH3 is 1. The minimum Gasteiger partial charge on any atom is -0.495 e. The van der Waals surface area contributed by atoms with E-state index in [-0.39, 0.29) is 22.0 Å². The van der Waals surface area contributed by atoms with E-state index in [9.17, 15) is 12.8 Å². The summed E-state index contributed by atoms with van der Waals surface area (Å²) >= 11 is 0. The largest absolute Gasteiger partial charge is 0.495 e. The van der Waals surface area contributed by atoms with Crippen LogP contribution in [0.5, 0.6) is 5.75 Å². The van der Waals surface area contributed by atoms with Crippen molar-refractivity contribution >= 4 is 21.4 Å². The number of nitrogen functional groups attached to an aromatic ring is 1. The van der Waals surface area contributed by atoms with Crippen LogP contribution in [0.1, 0.15) is 0 Å². The van der Waals surface area contributed by atoms with Crippen molar-refractivity contribution in [1.82, 2.24) is 0 Å². The lowest BCUT2D eigenvalue weighted by atomic mass is 10.3. The fraction of sp³-hybridized carbons (Fsp3) is 0.0769. The average Bonchev–Trinajstić information content (AvgIpc) is 2.42. The van der Waals surface area contributed by atoms with Gasteiger partial charge in [0.2, 0.25) is 0 Å². The Morgan fingerprint density at radius 2 is 1.90 bits per heavy atom. The highest BCUT2D eigenvalue weighted by atomic mass is 32.2. The lowest BCUT2D eigenvalue weighted by molar-refractivity contribution is 0.403. The van der Waals surface area contributed by atoms with E-state index in [1.807, 2.05) is 0 Å². The predicted molar refractivity (Wildman–Crippen MR) is 74.6 cm³/mol. The topological polar surface area (TPSA) is 81.4 Å². The number of nitrogens with one attached hydrogen (secondary N) is 1. The molecule has 106 valence electrons. The smallest absolute Gasteiger partial charge is 0.265 e. The number of hydrogen-bond acceptors (Lipinski definition) is 4. The van der Waals surface area contributed by atoms with Crippen LogP contribution >= 0.6 is 0 Å². The van der Waals surface area contributed by atoms with Gasteiger partial charge in [-0.1, -0.05) is 12.1 Å². The molecule has 2 rings (SSSR count). The zero-order valence-corrected chi connectivity index (χ0v) is 11.4. The third-order valence-corrected chi connectivity index (χ3v) is 4.00. The molecular weight excluding hydrogens is 283 g/mol. The van der Waals surface area contributed by atoms with Crippen LogP contribution in [0.15, 0.2) is 47.4 Å². The molecule has 0 amide bonds. The number of benzene rings is 2. The SMILES string of the molecule is COc1ccccc1S(=O)(=O)Nc1cc(N)ccc1F. The van der Waals surface area contributed by atoms with Crippen LogP contribution in [-0.2, 0) is 10.0 Å². The molecule has 0 aromatic heterocycles. The fourth-order valence-electron chi connectivity index (χ4n) is 1.66. The van der Waals surface area contributed by atoms with Gasteiger partial charge in [-0.2, -0.15) is 0 Å². The third kappa shape index (κ3) is 2.83. The highest BCUT2D eigenvalue weighted by Crippen LogP contribution is 2.26. The van der Waals surface area contributed by atoms with Crippen molar-refractivity contribution in [3.8, 4) is 5.75 Å². The number of rotatable bonds is 4. The number of halogens is 1. The quantitative estimate of drug-likeness (QED) is 0.848. The van der Waals surface area contributed by atoms with E-state index in [0.717, 1.165) is 6.07 Å². The number of sulfonamides is 1. The second kappa shape index (κ2) is 5.38. The Hall–Kier alpha value is -2.28. The van der Waals surface area contributed by atoms with Crippen molar-refractivity contribution in [2.75, 3.05) is 17.6 Å². The van der Waals surface area contributed by atoms with E-state index >= 15 is 0 Å². The van der Waals surface area contributed by atoms with E-state index in [1.165, 1.54) is 31.4 Å². The summed E-state index contributed by atoms with van der Waals surface area (Å²) in [4.78, 5) is -0.0793. The Kier molecular flexibility index (Phi) is 3.80. The maximum absolute atomic E-state index is 13.6. The highest BCUT2D eigenvalue weighted by Gasteiger charge is 2.20. The Labute approximate surface area is 116 Å². The van der Waals surface area contributed by atoms with Gasteiger partial charge < -0.3 is 10.5 Å². The standard InChI is InChI=1S/C13H13FN2O3S/c1-19-12-4-2-3-5-13(12)20(17,18)16-11-8-9(15)6-7-10(11)14/h2-8,16H,15H2,1H3. The fourth-order valence-corrected chi connectivity index (χ4v) is 2.89. The first-order valence-corrected chi connectivity index (χ1v) is 7.13. The molecule has 0 aliphatic carbocycles. The summed E-state index contributed by atoms with van der Waals surface area (Å²) in [6.45, 7) is 0. The molecule has 3 N–H and O–H groups in total. The first-order chi connectivity index (χ1) is 9.44. The summed E-state index contributed by atoms with van der Waals surface area (Å²) in [6.07, 6.45) is 0. The molecule has 0 saturated carbocycles. The Morgan fingerprint density at radius 3 is 2.60 bits per heavy atom. The zero-order chi connectivity index (χ0) is 14.8. The summed E-state index contributed by atoms with van der Waals surface area (Å²) in [6, 6.07) is 9.70. The van der Waals surface area contributed by atoms with Crippen LogP contribution in [0.2, 0.25) is 0 Å². The molecule has 0 aliphatic rings. The average molecular weight is 296 g/mol. The first-order valence-electron chi connectivity index (χ1n) is 5.65. The van der Waals surface area contributed by atoms with Crippen molar-refractivity contribution < 1.29 is 17.5 Å². The van der Waals surface area contributed by atoms with Gasteiger partial charge in [0.15, 0.2) is 0 Å². The van der Waals surface area contributed by atoms with Crippen LogP contribution < -0.4 is 15.2 Å². The highest BCUT2D eigenvalue weighted by molar-refractivity contribution is 7.92. The monoisotopic (exact) mass is 296 g/mol. The van der Waals surface area contributed by atoms with Crippen molar-refractivity contribution in [3.63, 3.8) is 0 Å². The molecule has 0 spiro atoms. The molecule has 5 nitrogen and oxygen atoms in total. The molecule has 0 aliphatic heterocycles. The number of ether oxygens (including phenoxy) is 1. The lowest BCUT2D eigenvalue weighted by Gasteiger charge is -2.12. The van der Waals surface area contributed by atoms with Gasteiger partial charge in [-0.05, 0) is 30.3 Å². The van der Waals surface area contributed by atoms with E-state index < -0.39 is 15.8 Å². The van der Waals surface area contributed by atoms with Gasteiger partial charge in [0.05, 0.1) is 12.8 Å². The summed E-state index contributed by atoms with van der Waals surface area (Å²) in [5.74, 6) is -0.540. The van der Waals surface area contributed by atoms with E-state index in [4.69, 9.17) is 10.5 Å². The summed E-state index contributed by atoms with van der Waals surface area (Å²) in [5.41, 5.74) is 5.56. The maximum atomic E-state index is 13.6. The third-order valence-electron chi connectivity index (χ3n) is 2.59. The number of anilines is 2. The van der Waals surface area contributed by atoms with Crippen LogP contribution in [0, 0.1) is 5.82 Å². The number of hydrogen-bond donors (Lipinski definition) is 2. The van der Waals surface area contributed by atoms with Crippen molar-refractivity contribution in [3.05, 3.63) is 48.3 Å². The molecule has 2 aromatic carbocycles.